The van der Waals surface area contributed by atoms with Crippen molar-refractivity contribution in [2.75, 3.05) is 11.5 Å². The van der Waals surface area contributed by atoms with Gasteiger partial charge in [-0.2, -0.15) is 0 Å². The van der Waals surface area contributed by atoms with E-state index in [-0.39, 0.29) is 17.1 Å². The van der Waals surface area contributed by atoms with Crippen LogP contribution in [0, 0.1) is 0 Å². The predicted octanol–water partition coefficient (Wildman–Crippen LogP) is 0.734. The van der Waals surface area contributed by atoms with Gasteiger partial charge in [0, 0.05) is 11.9 Å². The number of aliphatic hydroxyl groups excluding tert-OH is 1. The van der Waals surface area contributed by atoms with E-state index in [0.717, 1.165) is 29.7 Å². The lowest BCUT2D eigenvalue weighted by Gasteiger charge is -2.13. The molecule has 3 heterocycles. The monoisotopic (exact) mass is 372 g/mol. The summed E-state index contributed by atoms with van der Waals surface area (Å²) in [5, 5.41) is 10.7. The van der Waals surface area contributed by atoms with E-state index in [9.17, 15) is 18.3 Å². The Labute approximate surface area is 141 Å². The molecule has 0 amide bonds. The number of rotatable bonds is 2. The van der Waals surface area contributed by atoms with Crippen LogP contribution in [-0.4, -0.2) is 45.9 Å². The fraction of sp³-hybridized carbons (Fsp3) is 0.571. The first-order chi connectivity index (χ1) is 10.9. The molecule has 2 aromatic heterocycles. The molecule has 0 aromatic carbocycles. The first-order valence-corrected chi connectivity index (χ1v) is 10.9. The van der Waals surface area contributed by atoms with Crippen molar-refractivity contribution >= 4 is 43.2 Å². The van der Waals surface area contributed by atoms with E-state index in [4.69, 9.17) is 0 Å². The van der Waals surface area contributed by atoms with Crippen molar-refractivity contribution in [1.82, 2.24) is 9.55 Å². The Kier molecular flexibility index (Phi) is 3.60. The predicted molar refractivity (Wildman–Crippen MR) is 91.2 cm³/mol. The lowest BCUT2D eigenvalue weighted by Crippen LogP contribution is -2.24. The summed E-state index contributed by atoms with van der Waals surface area (Å²) >= 11 is 2.75. The lowest BCUT2D eigenvalue weighted by atomic mass is 10.2. The van der Waals surface area contributed by atoms with Crippen LogP contribution in [0.3, 0.4) is 0 Å². The van der Waals surface area contributed by atoms with Gasteiger partial charge in [0.2, 0.25) is 0 Å². The first-order valence-electron chi connectivity index (χ1n) is 7.42. The van der Waals surface area contributed by atoms with Gasteiger partial charge in [-0.15, -0.1) is 11.3 Å². The highest BCUT2D eigenvalue weighted by molar-refractivity contribution is 8.01. The van der Waals surface area contributed by atoms with Crippen molar-refractivity contribution in [3.63, 3.8) is 0 Å². The zero-order chi connectivity index (χ0) is 16.4. The van der Waals surface area contributed by atoms with Gasteiger partial charge >= 0.3 is 0 Å². The maximum absolute atomic E-state index is 12.7. The molecule has 1 aliphatic heterocycles. The quantitative estimate of drug-likeness (QED) is 0.782. The minimum absolute atomic E-state index is 0.0757. The minimum atomic E-state index is -3.21. The van der Waals surface area contributed by atoms with Gasteiger partial charge in [-0.3, -0.25) is 9.36 Å². The standard InChI is InChI=1S/C14H16N2O4S3/c1-16-13(18)11-7-3-2-4-9(7)21-12(11)15-14(16)22-10-6-23(19,20)5-8(10)17/h8,10,17H,2-6H2,1H3/t8-,10+/m1/s1. The van der Waals surface area contributed by atoms with E-state index in [1.165, 1.54) is 21.2 Å². The highest BCUT2D eigenvalue weighted by Gasteiger charge is 2.38. The third-order valence-electron chi connectivity index (χ3n) is 4.43. The van der Waals surface area contributed by atoms with Crippen LogP contribution in [0.5, 0.6) is 0 Å². The van der Waals surface area contributed by atoms with Crippen LogP contribution in [0.2, 0.25) is 0 Å². The van der Waals surface area contributed by atoms with Gasteiger partial charge in [-0.25, -0.2) is 13.4 Å². The fourth-order valence-corrected chi connectivity index (χ4v) is 8.10. The van der Waals surface area contributed by atoms with Gasteiger partial charge in [0.05, 0.1) is 28.2 Å². The number of sulfone groups is 1. The molecule has 0 radical (unpaired) electrons. The van der Waals surface area contributed by atoms with E-state index in [0.29, 0.717) is 10.5 Å². The van der Waals surface area contributed by atoms with E-state index in [2.05, 4.69) is 4.98 Å². The number of aromatic nitrogens is 2. The van der Waals surface area contributed by atoms with Crippen LogP contribution in [0.25, 0.3) is 10.2 Å². The summed E-state index contributed by atoms with van der Waals surface area (Å²) in [7, 11) is -1.55. The molecule has 1 N–H and O–H groups in total. The van der Waals surface area contributed by atoms with Crippen molar-refractivity contribution in [1.29, 1.82) is 0 Å². The summed E-state index contributed by atoms with van der Waals surface area (Å²) in [6.45, 7) is 0. The number of fused-ring (bicyclic) bond motifs is 3. The fourth-order valence-electron chi connectivity index (χ4n) is 3.26. The molecule has 0 saturated carbocycles. The number of aryl methyl sites for hydroxylation is 2. The summed E-state index contributed by atoms with van der Waals surface area (Å²) < 4.78 is 24.8. The molecular formula is C14H16N2O4S3. The number of thioether (sulfide) groups is 1. The van der Waals surface area contributed by atoms with Crippen molar-refractivity contribution in [2.45, 2.75) is 35.8 Å². The molecule has 1 fully saturated rings. The van der Waals surface area contributed by atoms with Crippen LogP contribution < -0.4 is 5.56 Å². The highest BCUT2D eigenvalue weighted by atomic mass is 32.2. The van der Waals surface area contributed by atoms with E-state index in [1.54, 1.807) is 18.4 Å². The maximum Gasteiger partial charge on any atom is 0.262 e. The van der Waals surface area contributed by atoms with Crippen molar-refractivity contribution in [3.05, 3.63) is 20.8 Å². The summed E-state index contributed by atoms with van der Waals surface area (Å²) in [4.78, 5) is 19.2. The third-order valence-corrected chi connectivity index (χ3v) is 8.91. The van der Waals surface area contributed by atoms with Crippen LogP contribution in [0.1, 0.15) is 16.9 Å². The zero-order valence-corrected chi connectivity index (χ0v) is 14.9. The molecule has 2 aromatic rings. The highest BCUT2D eigenvalue weighted by Crippen LogP contribution is 2.36. The molecule has 0 spiro atoms. The Bertz CT molecular complexity index is 961. The molecule has 2 aliphatic rings. The molecule has 0 unspecified atom stereocenters. The summed E-state index contributed by atoms with van der Waals surface area (Å²) in [5.74, 6) is -0.290. The molecule has 9 heteroatoms. The molecule has 6 nitrogen and oxygen atoms in total. The van der Waals surface area contributed by atoms with E-state index < -0.39 is 21.2 Å². The largest absolute Gasteiger partial charge is 0.391 e. The Morgan fingerprint density at radius 2 is 2.13 bits per heavy atom. The van der Waals surface area contributed by atoms with Crippen molar-refractivity contribution in [3.8, 4) is 0 Å². The molecule has 4 rings (SSSR count). The second-order valence-electron chi connectivity index (χ2n) is 6.10. The van der Waals surface area contributed by atoms with Gasteiger partial charge in [0.1, 0.15) is 4.83 Å². The SMILES string of the molecule is Cn1c(S[C@H]2CS(=O)(=O)C[C@H]2O)nc2sc3c(c2c1=O)CCC3. The van der Waals surface area contributed by atoms with Gasteiger partial charge in [-0.1, -0.05) is 11.8 Å². The molecule has 0 bridgehead atoms. The van der Waals surface area contributed by atoms with Crippen molar-refractivity contribution < 1.29 is 13.5 Å². The average Bonchev–Trinajstić information content (AvgIpc) is 3.08. The molecule has 1 aliphatic carbocycles. The Hall–Kier alpha value is -0.900. The van der Waals surface area contributed by atoms with E-state index in [1.807, 2.05) is 0 Å². The van der Waals surface area contributed by atoms with Gasteiger partial charge in [0.15, 0.2) is 15.0 Å². The lowest BCUT2D eigenvalue weighted by molar-refractivity contribution is 0.207. The summed E-state index contributed by atoms with van der Waals surface area (Å²) in [6.07, 6.45) is 2.11. The zero-order valence-electron chi connectivity index (χ0n) is 12.5. The van der Waals surface area contributed by atoms with Crippen LogP contribution in [0.15, 0.2) is 9.95 Å². The van der Waals surface area contributed by atoms with Gasteiger partial charge in [0.25, 0.3) is 5.56 Å². The van der Waals surface area contributed by atoms with Gasteiger partial charge < -0.3 is 5.11 Å². The number of hydrogen-bond donors (Lipinski definition) is 1. The van der Waals surface area contributed by atoms with Crippen molar-refractivity contribution in [2.24, 2.45) is 7.05 Å². The molecule has 2 atom stereocenters. The minimum Gasteiger partial charge on any atom is -0.391 e. The van der Waals surface area contributed by atoms with Crippen LogP contribution >= 0.6 is 23.1 Å². The summed E-state index contributed by atoms with van der Waals surface area (Å²) in [5.41, 5.74) is 1.06. The second kappa shape index (κ2) is 5.30. The summed E-state index contributed by atoms with van der Waals surface area (Å²) in [6, 6.07) is 0. The topological polar surface area (TPSA) is 89.3 Å². The van der Waals surface area contributed by atoms with Gasteiger partial charge in [-0.05, 0) is 24.8 Å². The Morgan fingerprint density at radius 1 is 1.35 bits per heavy atom. The Morgan fingerprint density at radius 3 is 2.83 bits per heavy atom. The van der Waals surface area contributed by atoms with E-state index >= 15 is 0 Å². The number of nitrogens with zero attached hydrogens (tertiary/aromatic N) is 2. The molecule has 124 valence electrons. The number of hydrogen-bond acceptors (Lipinski definition) is 7. The molecule has 23 heavy (non-hydrogen) atoms. The third kappa shape index (κ3) is 2.54. The smallest absolute Gasteiger partial charge is 0.262 e. The number of thiophene rings is 1. The second-order valence-corrected chi connectivity index (χ2v) is 10.5. The Balaban J connectivity index is 1.77. The van der Waals surface area contributed by atoms with Crippen LogP contribution in [0.4, 0.5) is 0 Å². The number of aliphatic hydroxyl groups is 1. The normalized spacial score (nSPS) is 26.0. The van der Waals surface area contributed by atoms with Crippen LogP contribution in [-0.2, 0) is 29.7 Å². The first kappa shape index (κ1) is 15.6. The molecule has 1 saturated heterocycles. The average molecular weight is 372 g/mol. The molecular weight excluding hydrogens is 356 g/mol. The maximum atomic E-state index is 12.7.